The van der Waals surface area contributed by atoms with Crippen LogP contribution in [0.25, 0.3) is 11.1 Å². The summed E-state index contributed by atoms with van der Waals surface area (Å²) in [5, 5.41) is 10.6. The van der Waals surface area contributed by atoms with Crippen molar-refractivity contribution < 1.29 is 38.4 Å². The number of hydrogen-bond donors (Lipinski definition) is 0. The number of methoxy groups -OCH3 is 2. The van der Waals surface area contributed by atoms with E-state index in [1.54, 1.807) is 14.2 Å². The van der Waals surface area contributed by atoms with Crippen molar-refractivity contribution >= 4 is 11.9 Å². The van der Waals surface area contributed by atoms with Crippen LogP contribution in [0, 0.1) is 0 Å². The maximum atomic E-state index is 11.9. The van der Waals surface area contributed by atoms with E-state index in [-0.39, 0.29) is 26.1 Å². The van der Waals surface area contributed by atoms with Gasteiger partial charge in [0.1, 0.15) is 36.1 Å². The lowest BCUT2D eigenvalue weighted by Gasteiger charge is -2.36. The second-order valence-corrected chi connectivity index (χ2v) is 12.6. The van der Waals surface area contributed by atoms with Crippen molar-refractivity contribution in [2.45, 2.75) is 38.3 Å². The van der Waals surface area contributed by atoms with Gasteiger partial charge in [0.2, 0.25) is 0 Å². The Morgan fingerprint density at radius 3 is 1.69 bits per heavy atom. The molecule has 0 spiro atoms. The molecule has 0 saturated heterocycles. The second kappa shape index (κ2) is 17.9. The molecule has 6 aromatic rings. The molecule has 6 rings (SSSR count). The van der Waals surface area contributed by atoms with E-state index in [1.165, 1.54) is 0 Å². The van der Waals surface area contributed by atoms with E-state index in [0.29, 0.717) is 12.4 Å². The molecule has 0 aliphatic carbocycles. The number of carbonyl (C=O) groups is 2. The van der Waals surface area contributed by atoms with Gasteiger partial charge in [-0.2, -0.15) is 0 Å². The maximum Gasteiger partial charge on any atom is 0.306 e. The molecular formula is C46H41O8-. The summed E-state index contributed by atoms with van der Waals surface area (Å²) in [5.41, 5.74) is 6.68. The molecule has 0 unspecified atom stereocenters. The van der Waals surface area contributed by atoms with Gasteiger partial charge in [-0.25, -0.2) is 0 Å². The van der Waals surface area contributed by atoms with Crippen LogP contribution in [0.5, 0.6) is 17.2 Å². The number of benzene rings is 6. The third kappa shape index (κ3) is 9.15. The minimum Gasteiger partial charge on any atom is -0.550 e. The first-order chi connectivity index (χ1) is 26.4. The Labute approximate surface area is 315 Å². The fourth-order valence-electron chi connectivity index (χ4n) is 6.28. The summed E-state index contributed by atoms with van der Waals surface area (Å²) in [5.74, 6) is 0.329. The number of hydrogen-bond acceptors (Lipinski definition) is 8. The quantitative estimate of drug-likeness (QED) is 0.0689. The number of esters is 1. The Kier molecular flexibility index (Phi) is 12.4. The zero-order valence-electron chi connectivity index (χ0n) is 30.2. The van der Waals surface area contributed by atoms with Crippen LogP contribution in [0.4, 0.5) is 0 Å². The molecule has 0 saturated carbocycles. The van der Waals surface area contributed by atoms with Crippen molar-refractivity contribution in [3.8, 4) is 28.4 Å². The molecule has 274 valence electrons. The van der Waals surface area contributed by atoms with Crippen molar-refractivity contribution in [1.82, 2.24) is 0 Å². The number of carboxylic acids is 1. The first-order valence-corrected chi connectivity index (χ1v) is 17.6. The van der Waals surface area contributed by atoms with E-state index in [2.05, 4.69) is 30.3 Å². The maximum absolute atomic E-state index is 11.9. The minimum absolute atomic E-state index is 0.0249. The van der Waals surface area contributed by atoms with Gasteiger partial charge in [0.05, 0.1) is 27.2 Å². The summed E-state index contributed by atoms with van der Waals surface area (Å²) in [7, 11) is 3.32. The Morgan fingerprint density at radius 2 is 1.09 bits per heavy atom. The fraction of sp³-hybridized carbons (Fsp3) is 0.174. The fourth-order valence-corrected chi connectivity index (χ4v) is 6.28. The van der Waals surface area contributed by atoms with Crippen LogP contribution in [-0.2, 0) is 44.5 Å². The van der Waals surface area contributed by atoms with Crippen LogP contribution in [0.2, 0.25) is 0 Å². The van der Waals surface area contributed by atoms with Crippen molar-refractivity contribution in [1.29, 1.82) is 0 Å². The van der Waals surface area contributed by atoms with Gasteiger partial charge >= 0.3 is 5.97 Å². The lowest BCUT2D eigenvalue weighted by Crippen LogP contribution is -2.32. The van der Waals surface area contributed by atoms with E-state index in [9.17, 15) is 14.7 Å². The molecule has 0 aliphatic heterocycles. The lowest BCUT2D eigenvalue weighted by molar-refractivity contribution is -0.305. The Bertz CT molecular complexity index is 2080. The van der Waals surface area contributed by atoms with Crippen LogP contribution < -0.4 is 19.3 Å². The normalized spacial score (nSPS) is 11.1. The molecular weight excluding hydrogens is 680 g/mol. The first-order valence-electron chi connectivity index (χ1n) is 17.6. The average molecular weight is 722 g/mol. The van der Waals surface area contributed by atoms with Crippen molar-refractivity contribution in [2.24, 2.45) is 0 Å². The zero-order chi connectivity index (χ0) is 37.8. The van der Waals surface area contributed by atoms with Crippen LogP contribution in [0.3, 0.4) is 0 Å². The molecule has 0 heterocycles. The minimum atomic E-state index is -1.29. The molecule has 8 nitrogen and oxygen atoms in total. The highest BCUT2D eigenvalue weighted by Crippen LogP contribution is 2.42. The highest BCUT2D eigenvalue weighted by molar-refractivity contribution is 5.75. The molecule has 54 heavy (non-hydrogen) atoms. The van der Waals surface area contributed by atoms with Crippen LogP contribution in [0.1, 0.15) is 46.2 Å². The van der Waals surface area contributed by atoms with Crippen LogP contribution >= 0.6 is 0 Å². The number of aliphatic carboxylic acids is 1. The molecule has 0 aliphatic rings. The van der Waals surface area contributed by atoms with E-state index in [0.717, 1.165) is 56.0 Å². The first kappa shape index (κ1) is 37.4. The highest BCUT2D eigenvalue weighted by atomic mass is 16.5. The number of ether oxygens (including phenoxy) is 5. The Hall–Kier alpha value is -6.38. The molecule has 0 atom stereocenters. The zero-order valence-corrected chi connectivity index (χ0v) is 30.2. The monoisotopic (exact) mass is 721 g/mol. The van der Waals surface area contributed by atoms with Gasteiger partial charge in [0, 0.05) is 5.97 Å². The third-order valence-electron chi connectivity index (χ3n) is 9.18. The molecule has 0 fully saturated rings. The van der Waals surface area contributed by atoms with Gasteiger partial charge in [0.15, 0.2) is 0 Å². The summed E-state index contributed by atoms with van der Waals surface area (Å²) in [6.07, 6.45) is -0.604. The topological polar surface area (TPSA) is 103 Å². The largest absolute Gasteiger partial charge is 0.550 e. The second-order valence-electron chi connectivity index (χ2n) is 12.6. The third-order valence-corrected chi connectivity index (χ3v) is 9.18. The Morgan fingerprint density at radius 1 is 0.537 bits per heavy atom. The summed E-state index contributed by atoms with van der Waals surface area (Å²) in [6, 6.07) is 49.9. The SMILES string of the molecule is COc1ccc(C(OCc2cccc(-c3ccc(OCc4ccccc4COC(=O)CCC(=O)[O-])cc3)c2)(c2ccccc2)c2ccc(OC)cc2)cc1. The predicted molar refractivity (Wildman–Crippen MR) is 204 cm³/mol. The number of carbonyl (C=O) groups excluding carboxylic acids is 2. The highest BCUT2D eigenvalue weighted by Gasteiger charge is 2.38. The van der Waals surface area contributed by atoms with E-state index in [1.807, 2.05) is 121 Å². The van der Waals surface area contributed by atoms with Crippen molar-refractivity contribution in [3.63, 3.8) is 0 Å². The summed E-state index contributed by atoms with van der Waals surface area (Å²) < 4.78 is 29.4. The van der Waals surface area contributed by atoms with E-state index in [4.69, 9.17) is 23.7 Å². The van der Waals surface area contributed by atoms with Crippen LogP contribution in [0.15, 0.2) is 152 Å². The molecule has 0 bridgehead atoms. The molecule has 6 aromatic carbocycles. The predicted octanol–water partition coefficient (Wildman–Crippen LogP) is 8.03. The lowest BCUT2D eigenvalue weighted by atomic mass is 9.80. The molecule has 0 N–H and O–H groups in total. The van der Waals surface area contributed by atoms with E-state index < -0.39 is 17.5 Å². The number of carboxylic acid groups (broad SMARTS) is 1. The standard InChI is InChI=1S/C46H42O8/c1-50-41-23-17-39(18-24-41)46(38-13-4-3-5-14-38,40-19-25-42(51-2)26-20-40)54-30-33-9-8-12-35(29-33)34-15-21-43(22-16-34)52-31-36-10-6-7-11-37(36)32-53-45(49)28-27-44(47)48/h3-26,29H,27-28,30-32H2,1-2H3,(H,47,48)/p-1. The van der Waals surface area contributed by atoms with Crippen molar-refractivity contribution in [3.05, 3.63) is 185 Å². The van der Waals surface area contributed by atoms with Gasteiger partial charge < -0.3 is 33.6 Å². The summed E-state index contributed by atoms with van der Waals surface area (Å²) in [4.78, 5) is 22.6. The average Bonchev–Trinajstić information content (AvgIpc) is 3.23. The summed E-state index contributed by atoms with van der Waals surface area (Å²) in [6.45, 7) is 0.620. The molecule has 0 radical (unpaired) electrons. The molecule has 0 aromatic heterocycles. The van der Waals surface area contributed by atoms with Gasteiger partial charge in [-0.15, -0.1) is 0 Å². The Balaban J connectivity index is 1.19. The van der Waals surface area contributed by atoms with E-state index >= 15 is 0 Å². The van der Waals surface area contributed by atoms with Gasteiger partial charge in [-0.1, -0.05) is 109 Å². The smallest absolute Gasteiger partial charge is 0.306 e. The number of rotatable bonds is 17. The molecule has 8 heteroatoms. The van der Waals surface area contributed by atoms with Gasteiger partial charge in [-0.3, -0.25) is 4.79 Å². The van der Waals surface area contributed by atoms with Crippen molar-refractivity contribution in [2.75, 3.05) is 14.2 Å². The summed E-state index contributed by atoms with van der Waals surface area (Å²) >= 11 is 0. The van der Waals surface area contributed by atoms with Gasteiger partial charge in [0.25, 0.3) is 0 Å². The van der Waals surface area contributed by atoms with Gasteiger partial charge in [-0.05, 0) is 93.4 Å². The van der Waals surface area contributed by atoms with Crippen LogP contribution in [-0.4, -0.2) is 26.2 Å². The molecule has 0 amide bonds.